The lowest BCUT2D eigenvalue weighted by Crippen LogP contribution is -2.30. The van der Waals surface area contributed by atoms with Crippen LogP contribution in [0.25, 0.3) is 11.3 Å². The molecule has 2 aromatic heterocycles. The van der Waals surface area contributed by atoms with E-state index in [-0.39, 0.29) is 36.7 Å². The summed E-state index contributed by atoms with van der Waals surface area (Å²) in [5, 5.41) is 24.4. The number of carbonyl (C=O) groups is 4. The van der Waals surface area contributed by atoms with Gasteiger partial charge in [0, 0.05) is 34.5 Å². The van der Waals surface area contributed by atoms with Crippen LogP contribution < -0.4 is 25.6 Å². The molecular formula is C52H42BClN8O8. The first-order valence-corrected chi connectivity index (χ1v) is 21.9. The van der Waals surface area contributed by atoms with Crippen molar-refractivity contribution in [2.45, 2.75) is 13.1 Å². The molecule has 0 radical (unpaired) electrons. The maximum atomic E-state index is 12.7. The number of amides is 4. The summed E-state index contributed by atoms with van der Waals surface area (Å²) in [4.78, 5) is 69.5. The number of fused-ring (bicyclic) bond motifs is 2. The fraction of sp³-hybridized carbons (Fsp3) is 0.0769. The maximum absolute atomic E-state index is 12.7. The lowest BCUT2D eigenvalue weighted by Gasteiger charge is -2.15. The second kappa shape index (κ2) is 21.9. The molecule has 18 heteroatoms. The van der Waals surface area contributed by atoms with Crippen LogP contribution in [0.4, 0.5) is 23.0 Å². The third kappa shape index (κ3) is 11.0. The Labute approximate surface area is 407 Å². The Hall–Kier alpha value is -8.77. The van der Waals surface area contributed by atoms with E-state index < -0.39 is 7.12 Å². The van der Waals surface area contributed by atoms with Gasteiger partial charge in [-0.15, -0.1) is 0 Å². The molecule has 2 aliphatic rings. The molecule has 0 fully saturated rings. The van der Waals surface area contributed by atoms with Crippen LogP contribution in [0.5, 0.6) is 11.5 Å². The van der Waals surface area contributed by atoms with Crippen molar-refractivity contribution < 1.29 is 38.7 Å². The van der Waals surface area contributed by atoms with Gasteiger partial charge in [0.25, 0.3) is 23.6 Å². The first-order valence-electron chi connectivity index (χ1n) is 21.6. The van der Waals surface area contributed by atoms with Gasteiger partial charge in [0.05, 0.1) is 55.3 Å². The van der Waals surface area contributed by atoms with Crippen LogP contribution in [-0.2, 0) is 13.1 Å². The van der Waals surface area contributed by atoms with Gasteiger partial charge in [-0.3, -0.25) is 29.0 Å². The zero-order chi connectivity index (χ0) is 49.1. The molecule has 0 spiro atoms. The molecule has 4 heterocycles. The monoisotopic (exact) mass is 952 g/mol. The second-order valence-electron chi connectivity index (χ2n) is 15.5. The van der Waals surface area contributed by atoms with Crippen LogP contribution in [0.1, 0.15) is 52.6 Å². The van der Waals surface area contributed by atoms with Crippen LogP contribution in [-0.4, -0.2) is 84.8 Å². The summed E-state index contributed by atoms with van der Waals surface area (Å²) in [7, 11) is 1.64. The smallest absolute Gasteiger partial charge is 0.492 e. The number of ether oxygens (including phenoxy) is 2. The van der Waals surface area contributed by atoms with E-state index in [4.69, 9.17) is 31.1 Å². The number of hydrogen-bond acceptors (Lipinski definition) is 14. The Balaban J connectivity index is 0.000000158. The van der Waals surface area contributed by atoms with Crippen LogP contribution in [0, 0.1) is 0 Å². The van der Waals surface area contributed by atoms with Crippen molar-refractivity contribution in [3.8, 4) is 22.8 Å². The SMILES string of the molecule is COc1ccccc1-c1cc(Nc2cccc(CN3C(=O)c4ccccc4C3=O)c2)ncn1.COc1ccccc1B(O)O.O=C1c2ccccc2C(=O)N1Cc1cccc(Nc2cc(Cl)ncn2)c1. The summed E-state index contributed by atoms with van der Waals surface area (Å²) >= 11 is 5.86. The van der Waals surface area contributed by atoms with Gasteiger partial charge in [0.1, 0.15) is 40.9 Å². The highest BCUT2D eigenvalue weighted by Gasteiger charge is 2.36. The molecule has 6 aromatic carbocycles. The summed E-state index contributed by atoms with van der Waals surface area (Å²) in [6.07, 6.45) is 2.86. The third-order valence-corrected chi connectivity index (χ3v) is 11.1. The minimum Gasteiger partial charge on any atom is -0.497 e. The van der Waals surface area contributed by atoms with E-state index in [9.17, 15) is 19.2 Å². The summed E-state index contributed by atoms with van der Waals surface area (Å²) in [6, 6.07) is 46.6. The fourth-order valence-electron chi connectivity index (χ4n) is 7.63. The highest BCUT2D eigenvalue weighted by atomic mass is 35.5. The Kier molecular flexibility index (Phi) is 14.9. The fourth-order valence-corrected chi connectivity index (χ4v) is 7.78. The predicted octanol–water partition coefficient (Wildman–Crippen LogP) is 7.74. The molecule has 4 N–H and O–H groups in total. The van der Waals surface area contributed by atoms with Gasteiger partial charge in [-0.2, -0.15) is 0 Å². The van der Waals surface area contributed by atoms with Gasteiger partial charge in [-0.1, -0.05) is 90.5 Å². The molecule has 10 rings (SSSR count). The number of aromatic nitrogens is 4. The Morgan fingerprint density at radius 2 is 0.929 bits per heavy atom. The van der Waals surface area contributed by atoms with Crippen molar-refractivity contribution in [3.05, 3.63) is 209 Å². The first-order chi connectivity index (χ1) is 34.0. The minimum atomic E-state index is -1.47. The molecule has 4 amide bonds. The van der Waals surface area contributed by atoms with Crippen molar-refractivity contribution in [2.75, 3.05) is 24.9 Å². The molecule has 0 saturated heterocycles. The van der Waals surface area contributed by atoms with E-state index >= 15 is 0 Å². The van der Waals surface area contributed by atoms with Crippen molar-refractivity contribution in [1.29, 1.82) is 0 Å². The number of halogens is 1. The lowest BCUT2D eigenvalue weighted by atomic mass is 9.80. The van der Waals surface area contributed by atoms with E-state index in [2.05, 4.69) is 30.6 Å². The highest BCUT2D eigenvalue weighted by Crippen LogP contribution is 2.31. The molecule has 0 unspecified atom stereocenters. The van der Waals surface area contributed by atoms with Crippen molar-refractivity contribution in [1.82, 2.24) is 29.7 Å². The van der Waals surface area contributed by atoms with E-state index in [1.165, 1.54) is 29.6 Å². The quantitative estimate of drug-likeness (QED) is 0.0525. The maximum Gasteiger partial charge on any atom is 0.492 e. The number of anilines is 4. The number of methoxy groups -OCH3 is 2. The van der Waals surface area contributed by atoms with Crippen LogP contribution in [0.2, 0.25) is 5.15 Å². The van der Waals surface area contributed by atoms with Crippen molar-refractivity contribution in [2.24, 2.45) is 0 Å². The second-order valence-corrected chi connectivity index (χ2v) is 15.9. The normalized spacial score (nSPS) is 12.2. The molecule has 0 aliphatic carbocycles. The molecule has 0 atom stereocenters. The van der Waals surface area contributed by atoms with Gasteiger partial charge >= 0.3 is 7.12 Å². The number of benzene rings is 6. The van der Waals surface area contributed by atoms with E-state index in [1.54, 1.807) is 86.0 Å². The largest absolute Gasteiger partial charge is 0.497 e. The van der Waals surface area contributed by atoms with Crippen molar-refractivity contribution in [3.63, 3.8) is 0 Å². The zero-order valence-corrected chi connectivity index (χ0v) is 38.3. The van der Waals surface area contributed by atoms with Gasteiger partial charge in [-0.25, -0.2) is 19.9 Å². The summed E-state index contributed by atoms with van der Waals surface area (Å²) in [5.41, 5.74) is 6.97. The van der Waals surface area contributed by atoms with Crippen molar-refractivity contribution >= 4 is 70.8 Å². The van der Waals surface area contributed by atoms with E-state index in [0.29, 0.717) is 50.3 Å². The van der Waals surface area contributed by atoms with Gasteiger partial charge in [0.15, 0.2) is 0 Å². The molecule has 0 bridgehead atoms. The topological polar surface area (TPSA) is 209 Å². The average molecular weight is 953 g/mol. The van der Waals surface area contributed by atoms with Gasteiger partial charge < -0.3 is 30.2 Å². The Bertz CT molecular complexity index is 3160. The van der Waals surface area contributed by atoms with Crippen LogP contribution in [0.15, 0.2) is 170 Å². The lowest BCUT2D eigenvalue weighted by molar-refractivity contribution is 0.0627. The Morgan fingerprint density at radius 3 is 1.39 bits per heavy atom. The van der Waals surface area contributed by atoms with E-state index in [0.717, 1.165) is 39.5 Å². The number of carbonyl (C=O) groups excluding carboxylic acids is 4. The number of nitrogens with one attached hydrogen (secondary N) is 2. The molecular weight excluding hydrogens is 911 g/mol. The number of para-hydroxylation sites is 2. The van der Waals surface area contributed by atoms with Gasteiger partial charge in [0.2, 0.25) is 0 Å². The number of nitrogens with zero attached hydrogens (tertiary/aromatic N) is 6. The third-order valence-electron chi connectivity index (χ3n) is 10.9. The van der Waals surface area contributed by atoms with Crippen LogP contribution >= 0.6 is 11.6 Å². The zero-order valence-electron chi connectivity index (χ0n) is 37.6. The standard InChI is InChI=1S/C26H20N4O3.C19H13ClN4O2.C7H9BO3/c1-33-23-12-5-4-11-21(23)22-14-24(28-16-27-22)29-18-8-6-7-17(13-18)15-30-25(31)19-9-2-3-10-20(19)26(30)32;20-16-9-17(22-11-21-16)23-13-5-3-4-12(8-13)10-24-18(25)14-6-1-2-7-15(14)19(24)26;1-11-7-5-3-2-4-6(7)8(9)10/h2-14,16H,15H2,1H3,(H,27,28,29);1-9,11H,10H2,(H,21,22,23);2-5,9-10H,1H3. The molecule has 0 saturated carbocycles. The number of imide groups is 2. The Morgan fingerprint density at radius 1 is 0.500 bits per heavy atom. The van der Waals surface area contributed by atoms with E-state index in [1.807, 2.05) is 78.9 Å². The average Bonchev–Trinajstić information content (AvgIpc) is 3.77. The number of rotatable bonds is 12. The van der Waals surface area contributed by atoms with Gasteiger partial charge in [-0.05, 0) is 77.9 Å². The summed E-state index contributed by atoms with van der Waals surface area (Å²) in [5.74, 6) is 1.30. The summed E-state index contributed by atoms with van der Waals surface area (Å²) in [6.45, 7) is 0.393. The molecule has 16 nitrogen and oxygen atoms in total. The highest BCUT2D eigenvalue weighted by molar-refractivity contribution is 6.59. The molecule has 2 aliphatic heterocycles. The minimum absolute atomic E-state index is 0.193. The molecule has 8 aromatic rings. The number of hydrogen-bond donors (Lipinski definition) is 4. The summed E-state index contributed by atoms with van der Waals surface area (Å²) < 4.78 is 10.3. The van der Waals surface area contributed by atoms with Crippen LogP contribution in [0.3, 0.4) is 0 Å². The first kappa shape index (κ1) is 47.7. The predicted molar refractivity (Wildman–Crippen MR) is 265 cm³/mol. The molecule has 70 heavy (non-hydrogen) atoms. The molecule has 348 valence electrons.